The van der Waals surface area contributed by atoms with E-state index in [1.807, 2.05) is 39.9 Å². The highest BCUT2D eigenvalue weighted by molar-refractivity contribution is 5.12. The van der Waals surface area contributed by atoms with Crippen molar-refractivity contribution in [3.8, 4) is 0 Å². The van der Waals surface area contributed by atoms with Crippen molar-refractivity contribution in [2.24, 2.45) is 0 Å². The van der Waals surface area contributed by atoms with Crippen molar-refractivity contribution >= 4 is 0 Å². The average Bonchev–Trinajstić information content (AvgIpc) is 2.48. The van der Waals surface area contributed by atoms with Gasteiger partial charge in [-0.15, -0.1) is 0 Å². The molecule has 1 saturated heterocycles. The van der Waals surface area contributed by atoms with Gasteiger partial charge in [0.15, 0.2) is 0 Å². The Morgan fingerprint density at radius 2 is 1.08 bits per heavy atom. The molecule has 24 heavy (non-hydrogen) atoms. The van der Waals surface area contributed by atoms with Crippen molar-refractivity contribution < 1.29 is 0 Å². The molecule has 1 rings (SSSR count). The maximum absolute atomic E-state index is 2.40. The summed E-state index contributed by atoms with van der Waals surface area (Å²) in [5.41, 5.74) is 3.21. The standard InChI is InChI=1S/C9H17N.C6H16N2.C3H9N.C2H6/c1-8(2)9-4-6-10(3)7-5-9;1-7(2)5-6-8(3)4;1-4(2)3;1-2/h4-7H2,1-3H3;5-6H2,1-4H3;1-3H3;1-2H3. The molecule has 0 bridgehead atoms. The van der Waals surface area contributed by atoms with E-state index in [2.05, 4.69) is 63.8 Å². The topological polar surface area (TPSA) is 13.0 Å². The van der Waals surface area contributed by atoms with Gasteiger partial charge in [-0.1, -0.05) is 25.0 Å². The molecule has 1 aliphatic heterocycles. The van der Waals surface area contributed by atoms with Crippen LogP contribution in [0.4, 0.5) is 0 Å². The summed E-state index contributed by atoms with van der Waals surface area (Å²) in [6.45, 7) is 13.2. The molecule has 0 atom stereocenters. The van der Waals surface area contributed by atoms with Crippen LogP contribution in [0.3, 0.4) is 0 Å². The summed E-state index contributed by atoms with van der Waals surface area (Å²) >= 11 is 0. The van der Waals surface area contributed by atoms with E-state index in [0.717, 1.165) is 13.1 Å². The quantitative estimate of drug-likeness (QED) is 0.728. The molecule has 0 N–H and O–H groups in total. The molecule has 0 radical (unpaired) electrons. The highest BCUT2D eigenvalue weighted by Gasteiger charge is 2.09. The Bertz CT molecular complexity index is 259. The van der Waals surface area contributed by atoms with Crippen molar-refractivity contribution in [2.45, 2.75) is 40.5 Å². The van der Waals surface area contributed by atoms with Crippen molar-refractivity contribution in [1.29, 1.82) is 0 Å². The summed E-state index contributed by atoms with van der Waals surface area (Å²) in [6.07, 6.45) is 2.58. The first-order valence-corrected chi connectivity index (χ1v) is 9.30. The molecule has 1 heterocycles. The fourth-order valence-corrected chi connectivity index (χ4v) is 1.79. The Labute approximate surface area is 154 Å². The molecule has 0 aromatic heterocycles. The van der Waals surface area contributed by atoms with Gasteiger partial charge in [-0.05, 0) is 83.1 Å². The SMILES string of the molecule is CC.CC(C)=C1CCN(C)CC1.CN(C)C.CN(C)CCN(C)C. The van der Waals surface area contributed by atoms with Crippen molar-refractivity contribution in [3.63, 3.8) is 0 Å². The third kappa shape index (κ3) is 26.5. The first-order chi connectivity index (χ1) is 11.1. The van der Waals surface area contributed by atoms with Gasteiger partial charge < -0.3 is 19.6 Å². The highest BCUT2D eigenvalue weighted by Crippen LogP contribution is 2.17. The minimum Gasteiger partial charge on any atom is -0.312 e. The maximum Gasteiger partial charge on any atom is 0.0103 e. The van der Waals surface area contributed by atoms with Gasteiger partial charge in [0.25, 0.3) is 0 Å². The fraction of sp³-hybridized carbons (Fsp3) is 0.900. The fourth-order valence-electron chi connectivity index (χ4n) is 1.79. The van der Waals surface area contributed by atoms with Gasteiger partial charge in [0.05, 0.1) is 0 Å². The van der Waals surface area contributed by atoms with Gasteiger partial charge in [-0.2, -0.15) is 0 Å². The lowest BCUT2D eigenvalue weighted by atomic mass is 10.0. The average molecular weight is 345 g/mol. The van der Waals surface area contributed by atoms with Gasteiger partial charge in [0.1, 0.15) is 0 Å². The molecule has 0 aromatic carbocycles. The second-order valence-electron chi connectivity index (χ2n) is 7.36. The van der Waals surface area contributed by atoms with E-state index in [0.29, 0.717) is 0 Å². The maximum atomic E-state index is 2.40. The summed E-state index contributed by atoms with van der Waals surface area (Å²) in [5.74, 6) is 0. The smallest absolute Gasteiger partial charge is 0.0103 e. The van der Waals surface area contributed by atoms with Gasteiger partial charge in [0, 0.05) is 26.2 Å². The largest absolute Gasteiger partial charge is 0.312 e. The summed E-state index contributed by atoms with van der Waals surface area (Å²) in [6, 6.07) is 0. The minimum absolute atomic E-state index is 1.15. The lowest BCUT2D eigenvalue weighted by Gasteiger charge is -2.24. The highest BCUT2D eigenvalue weighted by atomic mass is 15.1. The first-order valence-electron chi connectivity index (χ1n) is 9.30. The van der Waals surface area contributed by atoms with Crippen LogP contribution >= 0.6 is 0 Å². The lowest BCUT2D eigenvalue weighted by Crippen LogP contribution is -2.26. The van der Waals surface area contributed by atoms with Crippen LogP contribution in [0.1, 0.15) is 40.5 Å². The molecule has 148 valence electrons. The van der Waals surface area contributed by atoms with E-state index >= 15 is 0 Å². The van der Waals surface area contributed by atoms with Gasteiger partial charge in [0.2, 0.25) is 0 Å². The van der Waals surface area contributed by atoms with E-state index in [-0.39, 0.29) is 0 Å². The zero-order chi connectivity index (χ0) is 19.7. The molecular weight excluding hydrogens is 296 g/mol. The first kappa shape index (κ1) is 28.4. The molecule has 1 aliphatic rings. The minimum atomic E-state index is 1.15. The number of hydrogen-bond acceptors (Lipinski definition) is 4. The molecule has 0 saturated carbocycles. The number of nitrogens with zero attached hydrogens (tertiary/aromatic N) is 4. The van der Waals surface area contributed by atoms with Crippen molar-refractivity contribution in [3.05, 3.63) is 11.1 Å². The molecule has 0 aliphatic carbocycles. The number of likely N-dealkylation sites (tertiary alicyclic amines) is 1. The number of hydrogen-bond donors (Lipinski definition) is 0. The van der Waals surface area contributed by atoms with Crippen molar-refractivity contribution in [1.82, 2.24) is 19.6 Å². The van der Waals surface area contributed by atoms with E-state index < -0.39 is 0 Å². The summed E-state index contributed by atoms with van der Waals surface area (Å²) in [4.78, 5) is 8.76. The van der Waals surface area contributed by atoms with Crippen molar-refractivity contribution in [2.75, 3.05) is 82.6 Å². The Hall–Kier alpha value is -0.420. The monoisotopic (exact) mass is 344 g/mol. The normalized spacial score (nSPS) is 14.4. The summed E-state index contributed by atoms with van der Waals surface area (Å²) in [7, 11) is 16.5. The summed E-state index contributed by atoms with van der Waals surface area (Å²) in [5, 5.41) is 0. The van der Waals surface area contributed by atoms with Crippen LogP contribution < -0.4 is 0 Å². The summed E-state index contributed by atoms with van der Waals surface area (Å²) < 4.78 is 0. The van der Waals surface area contributed by atoms with Gasteiger partial charge in [-0.3, -0.25) is 0 Å². The third-order valence-electron chi connectivity index (χ3n) is 3.29. The number of rotatable bonds is 3. The number of likely N-dealkylation sites (N-methyl/N-ethyl adjacent to an activating group) is 2. The van der Waals surface area contributed by atoms with Crippen LogP contribution in [0, 0.1) is 0 Å². The third-order valence-corrected chi connectivity index (χ3v) is 3.29. The lowest BCUT2D eigenvalue weighted by molar-refractivity contribution is 0.311. The van der Waals surface area contributed by atoms with E-state index in [9.17, 15) is 0 Å². The van der Waals surface area contributed by atoms with Crippen LogP contribution in [-0.2, 0) is 0 Å². The second-order valence-corrected chi connectivity index (χ2v) is 7.36. The van der Waals surface area contributed by atoms with E-state index in [1.54, 1.807) is 5.57 Å². The molecular formula is C20H48N4. The molecule has 0 unspecified atom stereocenters. The van der Waals surface area contributed by atoms with E-state index in [1.165, 1.54) is 31.5 Å². The molecule has 0 amide bonds. The number of allylic oxidation sites excluding steroid dienone is 1. The van der Waals surface area contributed by atoms with Gasteiger partial charge in [-0.25, -0.2) is 0 Å². The number of piperidine rings is 1. The zero-order valence-corrected chi connectivity index (χ0v) is 19.0. The Morgan fingerprint density at radius 3 is 1.29 bits per heavy atom. The predicted octanol–water partition coefficient (Wildman–Crippen LogP) is 3.36. The molecule has 1 fully saturated rings. The van der Waals surface area contributed by atoms with Crippen LogP contribution in [0.5, 0.6) is 0 Å². The van der Waals surface area contributed by atoms with Crippen LogP contribution in [0.25, 0.3) is 0 Å². The Balaban J connectivity index is -0.000000283. The van der Waals surface area contributed by atoms with Gasteiger partial charge >= 0.3 is 0 Å². The predicted molar refractivity (Wildman–Crippen MR) is 113 cm³/mol. The van der Waals surface area contributed by atoms with Crippen LogP contribution in [0.15, 0.2) is 11.1 Å². The molecule has 4 nitrogen and oxygen atoms in total. The Morgan fingerprint density at radius 1 is 0.792 bits per heavy atom. The Kier molecular flexibility index (Phi) is 22.4. The molecule has 0 aromatic rings. The zero-order valence-electron chi connectivity index (χ0n) is 19.0. The van der Waals surface area contributed by atoms with Crippen LogP contribution in [0.2, 0.25) is 0 Å². The molecule has 4 heteroatoms. The van der Waals surface area contributed by atoms with E-state index in [4.69, 9.17) is 0 Å². The second kappa shape index (κ2) is 18.9. The molecule has 0 spiro atoms. The van der Waals surface area contributed by atoms with Crippen LogP contribution in [-0.4, -0.2) is 102 Å².